The summed E-state index contributed by atoms with van der Waals surface area (Å²) < 4.78 is 22.0. The number of carbonyl (C=O) groups excluding carboxylic acids is 2. The van der Waals surface area contributed by atoms with Crippen LogP contribution in [0.25, 0.3) is 11.0 Å². The highest BCUT2D eigenvalue weighted by atomic mass is 79.9. The van der Waals surface area contributed by atoms with Crippen molar-refractivity contribution in [1.82, 2.24) is 23.5 Å². The Morgan fingerprint density at radius 3 is 2.31 bits per heavy atom. The zero-order chi connectivity index (χ0) is 36.6. The maximum atomic E-state index is 14.2. The number of hydrogen-bond donors (Lipinski definition) is 1. The number of nitrogens with zero attached hydrogens (tertiary/aromatic N) is 5. The first-order valence-corrected chi connectivity index (χ1v) is 17.4. The van der Waals surface area contributed by atoms with Crippen molar-refractivity contribution in [3.63, 3.8) is 0 Å². The molecule has 1 aliphatic heterocycles. The van der Waals surface area contributed by atoms with Crippen LogP contribution in [0.5, 0.6) is 23.0 Å². The average Bonchev–Trinajstić information content (AvgIpc) is 3.37. The maximum Gasteiger partial charge on any atom is 0.347 e. The van der Waals surface area contributed by atoms with Crippen molar-refractivity contribution in [2.24, 2.45) is 7.05 Å². The highest BCUT2D eigenvalue weighted by molar-refractivity contribution is 9.13. The van der Waals surface area contributed by atoms with Gasteiger partial charge >= 0.3 is 11.4 Å². The van der Waals surface area contributed by atoms with Crippen LogP contribution >= 0.6 is 31.9 Å². The van der Waals surface area contributed by atoms with E-state index in [2.05, 4.69) is 36.8 Å². The van der Waals surface area contributed by atoms with Gasteiger partial charge in [0.2, 0.25) is 0 Å². The van der Waals surface area contributed by atoms with E-state index in [-0.39, 0.29) is 75.9 Å². The fourth-order valence-corrected chi connectivity index (χ4v) is 8.27. The van der Waals surface area contributed by atoms with Gasteiger partial charge in [-0.05, 0) is 62.1 Å². The first-order valence-electron chi connectivity index (χ1n) is 15.8. The fourth-order valence-electron chi connectivity index (χ4n) is 7.32. The van der Waals surface area contributed by atoms with Crippen LogP contribution < -0.4 is 31.1 Å². The van der Waals surface area contributed by atoms with Gasteiger partial charge in [0.25, 0.3) is 5.56 Å². The molecule has 7 rings (SSSR count). The molecule has 2 atom stereocenters. The lowest BCUT2D eigenvalue weighted by Crippen LogP contribution is -2.41. The molecule has 16 heteroatoms. The van der Waals surface area contributed by atoms with Crippen LogP contribution in [0.1, 0.15) is 36.6 Å². The highest BCUT2D eigenvalue weighted by Gasteiger charge is 2.45. The van der Waals surface area contributed by atoms with E-state index in [1.165, 1.54) is 41.3 Å². The van der Waals surface area contributed by atoms with Gasteiger partial charge in [0.05, 0.1) is 49.4 Å². The number of halogens is 2. The van der Waals surface area contributed by atoms with Gasteiger partial charge in [-0.15, -0.1) is 0 Å². The number of phenols is 1. The molecule has 14 nitrogen and oxygen atoms in total. The van der Waals surface area contributed by atoms with E-state index in [4.69, 9.17) is 14.2 Å². The number of phenolic OH excluding ortho intramolecular Hbond substituents is 1. The number of ketones is 2. The molecule has 4 aromatic rings. The van der Waals surface area contributed by atoms with Crippen molar-refractivity contribution < 1.29 is 28.9 Å². The Labute approximate surface area is 306 Å². The minimum absolute atomic E-state index is 0.00283. The topological polar surface area (TPSA) is 166 Å². The lowest BCUT2D eigenvalue weighted by atomic mass is 9.68. The second-order valence-electron chi connectivity index (χ2n) is 12.4. The monoisotopic (exact) mass is 823 g/mol. The summed E-state index contributed by atoms with van der Waals surface area (Å²) in [4.78, 5) is 73.2. The number of ether oxygens (including phenoxy) is 3. The molecule has 51 heavy (non-hydrogen) atoms. The third kappa shape index (κ3) is 5.17. The Kier molecular flexibility index (Phi) is 8.57. The molecule has 0 saturated heterocycles. The predicted octanol–water partition coefficient (Wildman–Crippen LogP) is 3.62. The SMILES string of the molecule is COc1cc2nc(CCn3c(=O)n4n(c3=O)[C@@H]3CC5=C(C(=O)C=C(C)C5=O)[C@@H](c5cc(OC)c(O)c(Br)c5Br)C3=CC4)c(=O)n(C)c2cc1OC. The normalized spacial score (nSPS) is 18.3. The van der Waals surface area contributed by atoms with Crippen LogP contribution in [-0.4, -0.2) is 61.5 Å². The number of hydrogen-bond acceptors (Lipinski definition) is 10. The molecule has 264 valence electrons. The summed E-state index contributed by atoms with van der Waals surface area (Å²) in [6, 6.07) is 4.09. The Morgan fingerprint density at radius 2 is 1.63 bits per heavy atom. The first-order chi connectivity index (χ1) is 24.3. The van der Waals surface area contributed by atoms with Crippen molar-refractivity contribution >= 4 is 54.5 Å². The van der Waals surface area contributed by atoms with E-state index in [0.29, 0.717) is 38.1 Å². The molecular formula is C35H31Br2N5O9. The van der Waals surface area contributed by atoms with Crippen molar-refractivity contribution in [3.8, 4) is 23.0 Å². The summed E-state index contributed by atoms with van der Waals surface area (Å²) in [5, 5.41) is 10.7. The Morgan fingerprint density at radius 1 is 0.941 bits per heavy atom. The van der Waals surface area contributed by atoms with E-state index < -0.39 is 28.9 Å². The number of allylic oxidation sites excluding steroid dienone is 6. The zero-order valence-corrected chi connectivity index (χ0v) is 31.2. The summed E-state index contributed by atoms with van der Waals surface area (Å²) in [6.45, 7) is 1.43. The smallest absolute Gasteiger partial charge is 0.347 e. The van der Waals surface area contributed by atoms with Crippen molar-refractivity contribution in [1.29, 1.82) is 0 Å². The summed E-state index contributed by atoms with van der Waals surface area (Å²) in [5.41, 5.74) is 1.46. The van der Waals surface area contributed by atoms with Gasteiger partial charge in [-0.1, -0.05) is 6.08 Å². The van der Waals surface area contributed by atoms with Gasteiger partial charge in [-0.25, -0.2) is 28.5 Å². The van der Waals surface area contributed by atoms with Crippen LogP contribution in [0.4, 0.5) is 0 Å². The molecule has 2 aromatic heterocycles. The molecule has 3 heterocycles. The molecule has 0 amide bonds. The molecular weight excluding hydrogens is 794 g/mol. The second-order valence-corrected chi connectivity index (χ2v) is 14.0. The average molecular weight is 825 g/mol. The Hall–Kier alpha value is -4.96. The second kappa shape index (κ2) is 12.7. The van der Waals surface area contributed by atoms with Crippen LogP contribution in [0.15, 0.2) is 76.0 Å². The van der Waals surface area contributed by atoms with Crippen LogP contribution in [0.2, 0.25) is 0 Å². The molecule has 3 aliphatic rings. The highest BCUT2D eigenvalue weighted by Crippen LogP contribution is 2.54. The number of fused-ring (bicyclic) bond motifs is 4. The maximum absolute atomic E-state index is 14.2. The van der Waals surface area contributed by atoms with Crippen LogP contribution in [0, 0.1) is 0 Å². The molecule has 0 spiro atoms. The van der Waals surface area contributed by atoms with Crippen molar-refractivity contribution in [3.05, 3.63) is 104 Å². The number of aromatic nitrogens is 5. The number of carbonyl (C=O) groups is 2. The molecule has 2 aromatic carbocycles. The summed E-state index contributed by atoms with van der Waals surface area (Å²) in [7, 11) is 5.98. The minimum atomic E-state index is -0.820. The van der Waals surface area contributed by atoms with E-state index in [1.807, 2.05) is 0 Å². The quantitative estimate of drug-likeness (QED) is 0.215. The molecule has 1 N–H and O–H groups in total. The zero-order valence-electron chi connectivity index (χ0n) is 28.1. The first kappa shape index (κ1) is 34.5. The molecule has 2 aliphatic carbocycles. The number of aryl methyl sites for hydroxylation is 2. The largest absolute Gasteiger partial charge is 0.503 e. The lowest BCUT2D eigenvalue weighted by Gasteiger charge is -2.40. The Bertz CT molecular complexity index is 2520. The molecule has 0 saturated carbocycles. The number of aromatic hydroxyl groups is 1. The number of Topliss-reactive ketones (excluding diaryl/α,β-unsaturated/α-hetero) is 1. The number of benzene rings is 2. The van der Waals surface area contributed by atoms with E-state index in [9.17, 15) is 29.1 Å². The third-order valence-corrected chi connectivity index (χ3v) is 12.0. The Balaban J connectivity index is 1.32. The van der Waals surface area contributed by atoms with Gasteiger partial charge in [0.15, 0.2) is 34.6 Å². The van der Waals surface area contributed by atoms with Crippen molar-refractivity contribution in [2.45, 2.75) is 44.8 Å². The summed E-state index contributed by atoms with van der Waals surface area (Å²) in [5.74, 6) is -0.648. The van der Waals surface area contributed by atoms with Crippen LogP contribution in [-0.2, 0) is 36.1 Å². The molecule has 0 fully saturated rings. The van der Waals surface area contributed by atoms with Crippen LogP contribution in [0.3, 0.4) is 0 Å². The third-order valence-electron chi connectivity index (χ3n) is 9.83. The number of methoxy groups -OCH3 is 3. The van der Waals surface area contributed by atoms with E-state index >= 15 is 0 Å². The van der Waals surface area contributed by atoms with Gasteiger partial charge < -0.3 is 23.9 Å². The van der Waals surface area contributed by atoms with E-state index in [0.717, 1.165) is 4.57 Å². The number of rotatable bonds is 7. The van der Waals surface area contributed by atoms with Crippen molar-refractivity contribution in [2.75, 3.05) is 21.3 Å². The van der Waals surface area contributed by atoms with Gasteiger partial charge in [-0.3, -0.25) is 14.4 Å². The van der Waals surface area contributed by atoms with E-state index in [1.54, 1.807) is 38.2 Å². The summed E-state index contributed by atoms with van der Waals surface area (Å²) in [6.07, 6.45) is 3.09. The predicted molar refractivity (Wildman–Crippen MR) is 192 cm³/mol. The molecule has 0 bridgehead atoms. The standard InChI is InChI=1S/C35H31Br2N5O9/c1-15-10-23(43)28-18(31(15)44)11-21-16(27(28)17-12-26(51-5)32(45)30(37)29(17)36)6-9-41-34(47)40(35(48)42(21)41)8-7-19-33(46)39(2)22-14-25(50-4)24(49-3)13-20(22)38-19/h6,10,12-14,21,27,45H,7-9,11H2,1-5H3/t21-,27-/m1/s1. The van der Waals surface area contributed by atoms with Gasteiger partial charge in [0.1, 0.15) is 5.69 Å². The fraction of sp³-hybridized carbons (Fsp3) is 0.314. The lowest BCUT2D eigenvalue weighted by molar-refractivity contribution is -0.116. The molecule has 0 unspecified atom stereocenters. The van der Waals surface area contributed by atoms with Gasteiger partial charge in [-0.2, -0.15) is 0 Å². The van der Waals surface area contributed by atoms with Gasteiger partial charge in [0, 0.05) is 65.7 Å². The molecule has 0 radical (unpaired) electrons. The summed E-state index contributed by atoms with van der Waals surface area (Å²) >= 11 is 6.96. The minimum Gasteiger partial charge on any atom is -0.503 e.